The first-order chi connectivity index (χ1) is 16.7. The van der Waals surface area contributed by atoms with E-state index in [1.54, 1.807) is 24.3 Å². The van der Waals surface area contributed by atoms with Crippen LogP contribution < -0.4 is 4.72 Å². The molecule has 12 heteroatoms. The molecule has 0 amide bonds. The van der Waals surface area contributed by atoms with Gasteiger partial charge in [0, 0.05) is 18.9 Å². The molecule has 0 fully saturated rings. The molecule has 0 heterocycles. The fraction of sp³-hybridized carbons (Fsp3) is 0.458. The number of benzene rings is 2. The second kappa shape index (κ2) is 12.6. The molecule has 2 aromatic carbocycles. The first kappa shape index (κ1) is 29.6. The first-order valence-corrected chi connectivity index (χ1v) is 12.6. The molecular weight excluding hydrogens is 512 g/mol. The number of carbonyl (C=O) groups excluding carboxylic acids is 1. The summed E-state index contributed by atoms with van der Waals surface area (Å²) in [5, 5.41) is 0. The number of hydrogen-bond donors (Lipinski definition) is 1. The van der Waals surface area contributed by atoms with E-state index in [4.69, 9.17) is 0 Å². The van der Waals surface area contributed by atoms with Crippen LogP contribution in [0.15, 0.2) is 53.4 Å². The van der Waals surface area contributed by atoms with Crippen molar-refractivity contribution in [3.05, 3.63) is 65.5 Å². The fourth-order valence-corrected chi connectivity index (χ4v) is 4.71. The molecule has 0 spiro atoms. The number of aryl methyl sites for hydroxylation is 1. The molecule has 0 aliphatic heterocycles. The van der Waals surface area contributed by atoms with Gasteiger partial charge in [0.2, 0.25) is 10.0 Å². The van der Waals surface area contributed by atoms with Crippen molar-refractivity contribution in [1.29, 1.82) is 0 Å². The summed E-state index contributed by atoms with van der Waals surface area (Å²) in [6.07, 6.45) is -6.39. The average molecular weight is 540 g/mol. The SMILES string of the molecule is COC(=O)CCCc1ccc(C(CCCCC(F)(F)C(F)(F)F)NS(=O)(=O)c2ccc(F)cc2)cc1. The molecule has 5 nitrogen and oxygen atoms in total. The Balaban J connectivity index is 2.14. The smallest absolute Gasteiger partial charge is 0.453 e. The number of ether oxygens (including phenoxy) is 1. The standard InChI is InChI=1S/C24H27F6NO4S/c1-35-22(32)7-4-5-17-8-10-18(11-9-17)21(6-2-3-16-23(26,27)24(28,29)30)31-36(33,34)20-14-12-19(25)13-15-20/h8-15,21,31H,2-7,16H2,1H3. The Hall–Kier alpha value is -2.60. The van der Waals surface area contributed by atoms with Gasteiger partial charge in [-0.05, 0) is 61.1 Å². The van der Waals surface area contributed by atoms with Crippen molar-refractivity contribution in [2.24, 2.45) is 0 Å². The van der Waals surface area contributed by atoms with Crippen LogP contribution in [0.1, 0.15) is 55.7 Å². The number of methoxy groups -OCH3 is 1. The molecule has 1 unspecified atom stereocenters. The van der Waals surface area contributed by atoms with Gasteiger partial charge in [-0.25, -0.2) is 17.5 Å². The van der Waals surface area contributed by atoms with Crippen LogP contribution in [-0.2, 0) is 26.0 Å². The molecule has 0 saturated heterocycles. The van der Waals surface area contributed by atoms with E-state index in [0.29, 0.717) is 18.4 Å². The lowest BCUT2D eigenvalue weighted by molar-refractivity contribution is -0.284. The van der Waals surface area contributed by atoms with Crippen LogP contribution in [0.5, 0.6) is 0 Å². The summed E-state index contributed by atoms with van der Waals surface area (Å²) in [6.45, 7) is 0. The third-order valence-electron chi connectivity index (χ3n) is 5.53. The van der Waals surface area contributed by atoms with Crippen LogP contribution in [0.25, 0.3) is 0 Å². The van der Waals surface area contributed by atoms with Crippen LogP contribution in [-0.4, -0.2) is 33.6 Å². The molecule has 200 valence electrons. The predicted octanol–water partition coefficient (Wildman–Crippen LogP) is 6.10. The van der Waals surface area contributed by atoms with Crippen molar-refractivity contribution in [3.8, 4) is 0 Å². The maximum Gasteiger partial charge on any atom is 0.453 e. The topological polar surface area (TPSA) is 72.5 Å². The summed E-state index contributed by atoms with van der Waals surface area (Å²) < 4.78 is 110. The van der Waals surface area contributed by atoms with Gasteiger partial charge in [0.05, 0.1) is 12.0 Å². The molecule has 0 radical (unpaired) electrons. The van der Waals surface area contributed by atoms with Gasteiger partial charge >= 0.3 is 18.1 Å². The third-order valence-corrected chi connectivity index (χ3v) is 7.01. The summed E-state index contributed by atoms with van der Waals surface area (Å²) >= 11 is 0. The minimum absolute atomic E-state index is 0.0456. The highest BCUT2D eigenvalue weighted by molar-refractivity contribution is 7.89. The lowest BCUT2D eigenvalue weighted by Crippen LogP contribution is -2.36. The molecule has 1 atom stereocenters. The van der Waals surface area contributed by atoms with E-state index >= 15 is 0 Å². The van der Waals surface area contributed by atoms with Crippen LogP contribution in [0.2, 0.25) is 0 Å². The number of nitrogens with one attached hydrogen (secondary N) is 1. The molecule has 0 saturated carbocycles. The lowest BCUT2D eigenvalue weighted by Gasteiger charge is -2.22. The molecule has 1 N–H and O–H groups in total. The maximum absolute atomic E-state index is 13.2. The van der Waals surface area contributed by atoms with Crippen molar-refractivity contribution < 1.29 is 44.3 Å². The minimum Gasteiger partial charge on any atom is -0.469 e. The van der Waals surface area contributed by atoms with E-state index in [9.17, 15) is 39.6 Å². The molecule has 0 aliphatic carbocycles. The Morgan fingerprint density at radius 3 is 2.11 bits per heavy atom. The van der Waals surface area contributed by atoms with E-state index in [1.165, 1.54) is 7.11 Å². The summed E-state index contributed by atoms with van der Waals surface area (Å²) in [5.74, 6) is -5.82. The summed E-state index contributed by atoms with van der Waals surface area (Å²) in [4.78, 5) is 11.0. The van der Waals surface area contributed by atoms with Crippen molar-refractivity contribution in [2.75, 3.05) is 7.11 Å². The summed E-state index contributed by atoms with van der Waals surface area (Å²) in [7, 11) is -2.86. The molecule has 2 rings (SSSR count). The molecule has 0 aromatic heterocycles. The number of alkyl halides is 5. The molecule has 36 heavy (non-hydrogen) atoms. The second-order valence-corrected chi connectivity index (χ2v) is 9.96. The molecular formula is C24H27F6NO4S. The zero-order valence-electron chi connectivity index (χ0n) is 19.5. The zero-order valence-corrected chi connectivity index (χ0v) is 20.3. The fourth-order valence-electron chi connectivity index (χ4n) is 3.46. The number of sulfonamides is 1. The number of esters is 1. The largest absolute Gasteiger partial charge is 0.469 e. The van der Waals surface area contributed by atoms with Crippen LogP contribution in [0.4, 0.5) is 26.3 Å². The third kappa shape index (κ3) is 8.81. The van der Waals surface area contributed by atoms with Gasteiger partial charge in [0.1, 0.15) is 5.82 Å². The van der Waals surface area contributed by atoms with Crippen LogP contribution in [0, 0.1) is 5.82 Å². The number of rotatable bonds is 13. The van der Waals surface area contributed by atoms with Gasteiger partial charge < -0.3 is 4.74 Å². The Morgan fingerprint density at radius 1 is 0.944 bits per heavy atom. The van der Waals surface area contributed by atoms with Gasteiger partial charge in [0.25, 0.3) is 0 Å². The van der Waals surface area contributed by atoms with Crippen molar-refractivity contribution >= 4 is 16.0 Å². The molecule has 2 aromatic rings. The van der Waals surface area contributed by atoms with Crippen molar-refractivity contribution in [2.45, 2.75) is 68.0 Å². The predicted molar refractivity (Wildman–Crippen MR) is 120 cm³/mol. The Labute approximate surface area is 205 Å². The molecule has 0 bridgehead atoms. The Morgan fingerprint density at radius 2 is 1.56 bits per heavy atom. The number of unbranched alkanes of at least 4 members (excludes halogenated alkanes) is 1. The van der Waals surface area contributed by atoms with Gasteiger partial charge in [-0.1, -0.05) is 30.7 Å². The highest BCUT2D eigenvalue weighted by Gasteiger charge is 2.56. The van der Waals surface area contributed by atoms with Crippen molar-refractivity contribution in [1.82, 2.24) is 4.72 Å². The summed E-state index contributed by atoms with van der Waals surface area (Å²) in [6, 6.07) is 9.78. The summed E-state index contributed by atoms with van der Waals surface area (Å²) in [5.41, 5.74) is 1.33. The minimum atomic E-state index is -5.65. The Bertz CT molecular complexity index is 1090. The van der Waals surface area contributed by atoms with Gasteiger partial charge in [0.15, 0.2) is 0 Å². The normalized spacial score (nSPS) is 13.4. The Kier molecular flexibility index (Phi) is 10.4. The number of hydrogen-bond acceptors (Lipinski definition) is 4. The zero-order chi connectivity index (χ0) is 27.0. The lowest BCUT2D eigenvalue weighted by atomic mass is 9.98. The second-order valence-electron chi connectivity index (χ2n) is 8.25. The monoisotopic (exact) mass is 539 g/mol. The van der Waals surface area contributed by atoms with Crippen molar-refractivity contribution in [3.63, 3.8) is 0 Å². The van der Waals surface area contributed by atoms with Gasteiger partial charge in [-0.3, -0.25) is 4.79 Å². The number of carbonyl (C=O) groups is 1. The quantitative estimate of drug-likeness (QED) is 0.190. The van der Waals surface area contributed by atoms with Crippen LogP contribution >= 0.6 is 0 Å². The van der Waals surface area contributed by atoms with E-state index in [2.05, 4.69) is 9.46 Å². The highest BCUT2D eigenvalue weighted by Crippen LogP contribution is 2.39. The number of halogens is 6. The van der Waals surface area contributed by atoms with E-state index in [-0.39, 0.29) is 30.1 Å². The highest BCUT2D eigenvalue weighted by atomic mass is 32.2. The van der Waals surface area contributed by atoms with E-state index in [1.807, 2.05) is 0 Å². The first-order valence-electron chi connectivity index (χ1n) is 11.1. The van der Waals surface area contributed by atoms with Gasteiger partial charge in [-0.2, -0.15) is 22.0 Å². The van der Waals surface area contributed by atoms with Gasteiger partial charge in [-0.15, -0.1) is 0 Å². The average Bonchev–Trinajstić information content (AvgIpc) is 2.81. The van der Waals surface area contributed by atoms with E-state index < -0.39 is 46.8 Å². The van der Waals surface area contributed by atoms with Crippen LogP contribution in [0.3, 0.4) is 0 Å². The maximum atomic E-state index is 13.2. The molecule has 0 aliphatic rings. The van der Waals surface area contributed by atoms with E-state index in [0.717, 1.165) is 29.8 Å².